The van der Waals surface area contributed by atoms with E-state index in [1.54, 1.807) is 24.3 Å². The second-order valence-electron chi connectivity index (χ2n) is 10.7. The van der Waals surface area contributed by atoms with E-state index in [4.69, 9.17) is 14.6 Å². The van der Waals surface area contributed by atoms with E-state index in [1.807, 2.05) is 11.8 Å². The Labute approximate surface area is 233 Å². The van der Waals surface area contributed by atoms with Crippen LogP contribution in [-0.4, -0.2) is 82.5 Å². The summed E-state index contributed by atoms with van der Waals surface area (Å²) in [7, 11) is -3.73. The molecule has 3 heterocycles. The highest BCUT2D eigenvalue weighted by molar-refractivity contribution is 7.92. The number of morpholine rings is 1. The van der Waals surface area contributed by atoms with Crippen LogP contribution in [0.15, 0.2) is 30.3 Å². The van der Waals surface area contributed by atoms with Crippen LogP contribution in [0, 0.1) is 5.41 Å². The number of carbonyl (C=O) groups is 1. The number of aliphatic hydroxyl groups excluding tert-OH is 1. The van der Waals surface area contributed by atoms with E-state index in [9.17, 15) is 17.6 Å². The van der Waals surface area contributed by atoms with Crippen molar-refractivity contribution in [3.05, 3.63) is 35.9 Å². The van der Waals surface area contributed by atoms with Crippen molar-refractivity contribution in [1.29, 1.82) is 0 Å². The number of piperidine rings is 1. The molecule has 13 heteroatoms. The molecule has 218 valence electrons. The fourth-order valence-electron chi connectivity index (χ4n) is 5.40. The molecule has 0 radical (unpaired) electrons. The van der Waals surface area contributed by atoms with E-state index >= 15 is 0 Å². The molecule has 1 spiro atoms. The average Bonchev–Trinajstić information content (AvgIpc) is 3.68. The number of nitrogens with zero attached hydrogens (tertiary/aromatic N) is 3. The zero-order valence-electron chi connectivity index (χ0n) is 22.6. The number of carbonyl (C=O) groups excluding carboxylic acids is 1. The number of ether oxygens (including phenoxy) is 2. The minimum atomic E-state index is -3.73. The summed E-state index contributed by atoms with van der Waals surface area (Å²) in [6.45, 7) is 3.55. The van der Waals surface area contributed by atoms with Crippen LogP contribution in [-0.2, 0) is 14.8 Å². The molecule has 0 bridgehead atoms. The van der Waals surface area contributed by atoms with Crippen molar-refractivity contribution in [2.24, 2.45) is 5.41 Å². The number of alkyl halides is 1. The number of sulfonamides is 1. The number of aliphatic hydroxyl groups is 1. The molecule has 3 aliphatic rings. The van der Waals surface area contributed by atoms with Gasteiger partial charge in [-0.2, -0.15) is 0 Å². The van der Waals surface area contributed by atoms with Crippen LogP contribution in [0.5, 0.6) is 5.75 Å². The van der Waals surface area contributed by atoms with Crippen LogP contribution in [0.25, 0.3) is 0 Å². The summed E-state index contributed by atoms with van der Waals surface area (Å²) in [6.07, 6.45) is 4.46. The Bertz CT molecular complexity index is 1330. The van der Waals surface area contributed by atoms with Gasteiger partial charge in [0.1, 0.15) is 5.82 Å². The molecule has 3 N–H and O–H groups in total. The first-order valence-electron chi connectivity index (χ1n) is 13.6. The first kappa shape index (κ1) is 28.4. The summed E-state index contributed by atoms with van der Waals surface area (Å²) in [5.41, 5.74) is 1.74. The molecule has 1 amide bonds. The summed E-state index contributed by atoms with van der Waals surface area (Å²) < 4.78 is 50.9. The Morgan fingerprint density at radius 1 is 1.18 bits per heavy atom. The average molecular weight is 578 g/mol. The van der Waals surface area contributed by atoms with Gasteiger partial charge in [-0.25, -0.2) is 17.8 Å². The summed E-state index contributed by atoms with van der Waals surface area (Å²) in [6, 6.07) is 7.93. The van der Waals surface area contributed by atoms with Gasteiger partial charge in [-0.05, 0) is 68.4 Å². The minimum absolute atomic E-state index is 0.0396. The third-order valence-corrected chi connectivity index (χ3v) is 9.10. The van der Waals surface area contributed by atoms with Gasteiger partial charge >= 0.3 is 0 Å². The van der Waals surface area contributed by atoms with Crippen molar-refractivity contribution >= 4 is 38.9 Å². The zero-order valence-corrected chi connectivity index (χ0v) is 23.4. The number of hydrogen-bond acceptors (Lipinski definition) is 9. The monoisotopic (exact) mass is 577 g/mol. The molecular weight excluding hydrogens is 541 g/mol. The van der Waals surface area contributed by atoms with Crippen LogP contribution in [0.1, 0.15) is 43.0 Å². The maximum Gasteiger partial charge on any atom is 0.258 e. The number of anilines is 4. The Morgan fingerprint density at radius 3 is 2.62 bits per heavy atom. The Morgan fingerprint density at radius 2 is 1.95 bits per heavy atom. The lowest BCUT2D eigenvalue weighted by atomic mass is 9.93. The molecule has 1 aromatic heterocycles. The van der Waals surface area contributed by atoms with Crippen LogP contribution in [0.3, 0.4) is 0 Å². The van der Waals surface area contributed by atoms with Gasteiger partial charge in [-0.3, -0.25) is 9.52 Å². The van der Waals surface area contributed by atoms with Gasteiger partial charge in [0, 0.05) is 26.2 Å². The Balaban J connectivity index is 1.41. The van der Waals surface area contributed by atoms with Gasteiger partial charge in [-0.15, -0.1) is 0 Å². The smallest absolute Gasteiger partial charge is 0.258 e. The summed E-state index contributed by atoms with van der Waals surface area (Å²) in [5.74, 6) is 0.149. The molecule has 1 aliphatic carbocycles. The zero-order chi connectivity index (χ0) is 28.3. The molecule has 11 nitrogen and oxygen atoms in total. The number of rotatable bonds is 10. The lowest BCUT2D eigenvalue weighted by molar-refractivity contribution is 0.0526. The normalized spacial score (nSPS) is 20.3. The van der Waals surface area contributed by atoms with E-state index in [1.165, 1.54) is 18.9 Å². The van der Waals surface area contributed by atoms with Crippen molar-refractivity contribution < 1.29 is 32.2 Å². The third kappa shape index (κ3) is 6.58. The van der Waals surface area contributed by atoms with Gasteiger partial charge in [0.2, 0.25) is 16.9 Å². The fraction of sp³-hybridized carbons (Fsp3) is 0.556. The van der Waals surface area contributed by atoms with Crippen LogP contribution >= 0.6 is 0 Å². The second-order valence-corrected chi connectivity index (χ2v) is 12.6. The molecule has 0 unspecified atom stereocenters. The van der Waals surface area contributed by atoms with Gasteiger partial charge < -0.3 is 29.7 Å². The number of nitrogens with one attached hydrogen (secondary N) is 2. The molecule has 2 aliphatic heterocycles. The molecule has 3 fully saturated rings. The molecule has 2 aromatic rings. The standard InChI is InChI=1S/C27H36FN5O6S/c1-19-17-33(12-14-38-19)25-23(39-18-28)4-5-24(29-25)30-26(35)21-3-2-20(31-40(36,37)15-13-34)16-22(21)32-10-8-27(6-7-27)9-11-32/h2-5,16,19,31,34H,6-15,17-18H2,1H3,(H,29,30,35)/t19-/m0/s1. The number of hydrogen-bond donors (Lipinski definition) is 3. The van der Waals surface area contributed by atoms with E-state index in [2.05, 4.69) is 19.9 Å². The lowest BCUT2D eigenvalue weighted by Gasteiger charge is -2.35. The largest absolute Gasteiger partial charge is 0.459 e. The molecule has 1 atom stereocenters. The molecule has 2 saturated heterocycles. The van der Waals surface area contributed by atoms with E-state index in [-0.39, 0.29) is 17.7 Å². The second kappa shape index (κ2) is 11.8. The summed E-state index contributed by atoms with van der Waals surface area (Å²) in [4.78, 5) is 22.2. The van der Waals surface area contributed by atoms with Gasteiger partial charge in [0.25, 0.3) is 5.91 Å². The van der Waals surface area contributed by atoms with E-state index < -0.39 is 35.2 Å². The highest BCUT2D eigenvalue weighted by Crippen LogP contribution is 2.54. The Hall–Kier alpha value is -3.16. The SMILES string of the molecule is C[C@H]1CN(c2nc(NC(=O)c3ccc(NS(=O)(=O)CCO)cc3N3CCC4(CC3)CC4)ccc2OCF)CCO1. The highest BCUT2D eigenvalue weighted by Gasteiger charge is 2.44. The topological polar surface area (TPSA) is 133 Å². The predicted molar refractivity (Wildman–Crippen MR) is 150 cm³/mol. The highest BCUT2D eigenvalue weighted by atomic mass is 32.2. The van der Waals surface area contributed by atoms with Crippen molar-refractivity contribution in [2.45, 2.75) is 38.7 Å². The van der Waals surface area contributed by atoms with Gasteiger partial charge in [0.05, 0.1) is 42.0 Å². The molecule has 40 heavy (non-hydrogen) atoms. The van der Waals surface area contributed by atoms with Gasteiger partial charge in [0.15, 0.2) is 11.6 Å². The maximum absolute atomic E-state index is 13.6. The number of amides is 1. The number of halogens is 1. The summed E-state index contributed by atoms with van der Waals surface area (Å²) in [5, 5.41) is 11.9. The van der Waals surface area contributed by atoms with Crippen molar-refractivity contribution in [1.82, 2.24) is 4.98 Å². The first-order valence-corrected chi connectivity index (χ1v) is 15.2. The number of aromatic nitrogens is 1. The molecule has 1 saturated carbocycles. The Kier molecular flexibility index (Phi) is 8.34. The molecular formula is C27H36FN5O6S. The van der Waals surface area contributed by atoms with Crippen molar-refractivity contribution in [2.75, 3.05) is 71.8 Å². The van der Waals surface area contributed by atoms with Crippen LogP contribution < -0.4 is 24.6 Å². The number of pyridine rings is 1. The van der Waals surface area contributed by atoms with Crippen molar-refractivity contribution in [3.8, 4) is 5.75 Å². The minimum Gasteiger partial charge on any atom is -0.459 e. The fourth-order valence-corrected chi connectivity index (χ4v) is 6.22. The third-order valence-electron chi connectivity index (χ3n) is 7.83. The first-order chi connectivity index (χ1) is 19.2. The molecule has 5 rings (SSSR count). The van der Waals surface area contributed by atoms with Gasteiger partial charge in [-0.1, -0.05) is 0 Å². The maximum atomic E-state index is 13.6. The van der Waals surface area contributed by atoms with Crippen molar-refractivity contribution in [3.63, 3.8) is 0 Å². The van der Waals surface area contributed by atoms with Crippen LogP contribution in [0.4, 0.5) is 27.4 Å². The summed E-state index contributed by atoms with van der Waals surface area (Å²) >= 11 is 0. The lowest BCUT2D eigenvalue weighted by Crippen LogP contribution is -2.41. The quantitative estimate of drug-likeness (QED) is 0.390. The molecule has 1 aromatic carbocycles. The van der Waals surface area contributed by atoms with E-state index in [0.717, 1.165) is 25.9 Å². The predicted octanol–water partition coefficient (Wildman–Crippen LogP) is 2.98. The van der Waals surface area contributed by atoms with E-state index in [0.29, 0.717) is 47.9 Å². The van der Waals surface area contributed by atoms with Crippen LogP contribution in [0.2, 0.25) is 0 Å². The number of benzene rings is 1.